The molecule has 0 bridgehead atoms. The van der Waals surface area contributed by atoms with Crippen molar-refractivity contribution < 1.29 is 4.79 Å². The van der Waals surface area contributed by atoms with Crippen molar-refractivity contribution in [2.45, 2.75) is 19.8 Å². The summed E-state index contributed by atoms with van der Waals surface area (Å²) in [6, 6.07) is 0. The molecule has 0 rings (SSSR count). The highest BCUT2D eigenvalue weighted by Gasteiger charge is 1.94. The molecule has 0 aromatic carbocycles. The average Bonchev–Trinajstić information content (AvgIpc) is 1.83. The number of allylic oxidation sites excluding steroid dienone is 1. The molecule has 1 nitrogen and oxygen atoms in total. The van der Waals surface area contributed by atoms with E-state index in [2.05, 4.69) is 6.58 Å². The van der Waals surface area contributed by atoms with Crippen LogP contribution in [0, 0.1) is 5.92 Å². The summed E-state index contributed by atoms with van der Waals surface area (Å²) >= 11 is 0. The maximum atomic E-state index is 9.98. The number of carbonyl (C=O) groups excluding carboxylic acids is 1. The summed E-state index contributed by atoms with van der Waals surface area (Å²) in [7, 11) is 0. The molecule has 0 aromatic rings. The van der Waals surface area contributed by atoms with E-state index in [-0.39, 0.29) is 5.92 Å². The Kier molecular flexibility index (Phi) is 4.23. The van der Waals surface area contributed by atoms with Gasteiger partial charge in [-0.2, -0.15) is 0 Å². The fraction of sp³-hybridized carbons (Fsp3) is 0.571. The van der Waals surface area contributed by atoms with E-state index >= 15 is 0 Å². The Morgan fingerprint density at radius 2 is 2.38 bits per heavy atom. The molecule has 0 saturated heterocycles. The molecule has 0 radical (unpaired) electrons. The first kappa shape index (κ1) is 7.41. The number of hydrogen-bond donors (Lipinski definition) is 0. The zero-order valence-corrected chi connectivity index (χ0v) is 5.26. The van der Waals surface area contributed by atoms with Crippen LogP contribution in [0.15, 0.2) is 12.7 Å². The molecule has 0 aliphatic heterocycles. The van der Waals surface area contributed by atoms with Crippen molar-refractivity contribution in [2.24, 2.45) is 5.92 Å². The molecule has 0 aliphatic rings. The maximum absolute atomic E-state index is 9.98. The van der Waals surface area contributed by atoms with Gasteiger partial charge in [0.05, 0.1) is 0 Å². The fourth-order valence-corrected chi connectivity index (χ4v) is 0.449. The van der Waals surface area contributed by atoms with E-state index in [9.17, 15) is 4.79 Å². The maximum Gasteiger partial charge on any atom is 0.122 e. The van der Waals surface area contributed by atoms with Gasteiger partial charge in [-0.1, -0.05) is 13.0 Å². The highest BCUT2D eigenvalue weighted by Crippen LogP contribution is 2.00. The van der Waals surface area contributed by atoms with E-state index in [4.69, 9.17) is 0 Å². The van der Waals surface area contributed by atoms with Crippen molar-refractivity contribution in [3.63, 3.8) is 0 Å². The van der Waals surface area contributed by atoms with Crippen molar-refractivity contribution in [1.82, 2.24) is 0 Å². The number of aldehydes is 1. The van der Waals surface area contributed by atoms with Crippen LogP contribution in [0.5, 0.6) is 0 Å². The van der Waals surface area contributed by atoms with Crippen molar-refractivity contribution in [3.05, 3.63) is 12.7 Å². The summed E-state index contributed by atoms with van der Waals surface area (Å²) in [4.78, 5) is 9.98. The minimum atomic E-state index is 0.202. The van der Waals surface area contributed by atoms with Gasteiger partial charge in [-0.15, -0.1) is 6.58 Å². The molecule has 0 spiro atoms. The van der Waals surface area contributed by atoms with Crippen LogP contribution in [0.4, 0.5) is 0 Å². The third-order valence-corrected chi connectivity index (χ3v) is 1.06. The first-order valence-corrected chi connectivity index (χ1v) is 2.87. The van der Waals surface area contributed by atoms with Crippen LogP contribution in [0.2, 0.25) is 0 Å². The van der Waals surface area contributed by atoms with Crippen LogP contribution in [-0.2, 0) is 4.79 Å². The zero-order chi connectivity index (χ0) is 6.41. The van der Waals surface area contributed by atoms with Crippen molar-refractivity contribution >= 4 is 6.29 Å². The van der Waals surface area contributed by atoms with Gasteiger partial charge in [-0.3, -0.25) is 0 Å². The minimum absolute atomic E-state index is 0.202. The predicted molar refractivity (Wildman–Crippen MR) is 34.7 cm³/mol. The molecule has 8 heavy (non-hydrogen) atoms. The van der Waals surface area contributed by atoms with Gasteiger partial charge in [0.1, 0.15) is 6.29 Å². The fourth-order valence-electron chi connectivity index (χ4n) is 0.449. The van der Waals surface area contributed by atoms with E-state index < -0.39 is 0 Å². The highest BCUT2D eigenvalue weighted by molar-refractivity contribution is 5.52. The highest BCUT2D eigenvalue weighted by atomic mass is 16.1. The molecule has 0 fully saturated rings. The van der Waals surface area contributed by atoms with Crippen LogP contribution in [0.3, 0.4) is 0 Å². The molecule has 46 valence electrons. The second kappa shape index (κ2) is 4.57. The van der Waals surface area contributed by atoms with Crippen molar-refractivity contribution in [3.8, 4) is 0 Å². The number of rotatable bonds is 4. The van der Waals surface area contributed by atoms with E-state index in [1.54, 1.807) is 0 Å². The summed E-state index contributed by atoms with van der Waals surface area (Å²) in [6.45, 7) is 5.46. The Labute approximate surface area is 50.4 Å². The summed E-state index contributed by atoms with van der Waals surface area (Å²) in [6.07, 6.45) is 4.69. The van der Waals surface area contributed by atoms with Gasteiger partial charge in [0.2, 0.25) is 0 Å². The van der Waals surface area contributed by atoms with E-state index in [0.29, 0.717) is 0 Å². The predicted octanol–water partition coefficient (Wildman–Crippen LogP) is 1.79. The number of carbonyl (C=O) groups is 1. The average molecular weight is 112 g/mol. The number of hydrogen-bond acceptors (Lipinski definition) is 1. The topological polar surface area (TPSA) is 17.1 Å². The molecule has 1 heteroatoms. The standard InChI is InChI=1S/C7H12O/c1-3-4-5-7(2)6-8/h3,6-7H,1,4-5H2,2H3. The second-order valence-electron chi connectivity index (χ2n) is 1.98. The quantitative estimate of drug-likeness (QED) is 0.400. The Morgan fingerprint density at radius 1 is 1.75 bits per heavy atom. The molecule has 0 heterocycles. The molecule has 0 saturated carbocycles. The van der Waals surface area contributed by atoms with Gasteiger partial charge < -0.3 is 4.79 Å². The third kappa shape index (κ3) is 3.59. The SMILES string of the molecule is C=CCCC(C)C=O. The molecule has 0 amide bonds. The van der Waals surface area contributed by atoms with Crippen LogP contribution >= 0.6 is 0 Å². The largest absolute Gasteiger partial charge is 0.303 e. The Bertz CT molecular complexity index is 76.5. The molecule has 0 aliphatic carbocycles. The first-order valence-electron chi connectivity index (χ1n) is 2.87. The molecular formula is C7H12O. The lowest BCUT2D eigenvalue weighted by Crippen LogP contribution is -1.92. The van der Waals surface area contributed by atoms with Crippen molar-refractivity contribution in [2.75, 3.05) is 0 Å². The Hall–Kier alpha value is -0.590. The second-order valence-corrected chi connectivity index (χ2v) is 1.98. The molecule has 1 atom stereocenters. The molecule has 0 N–H and O–H groups in total. The van der Waals surface area contributed by atoms with Gasteiger partial charge in [0, 0.05) is 5.92 Å². The van der Waals surface area contributed by atoms with Crippen LogP contribution in [0.25, 0.3) is 0 Å². The third-order valence-electron chi connectivity index (χ3n) is 1.06. The lowest BCUT2D eigenvalue weighted by molar-refractivity contribution is -0.110. The zero-order valence-electron chi connectivity index (χ0n) is 5.26. The first-order chi connectivity index (χ1) is 3.81. The normalized spacial score (nSPS) is 12.6. The Balaban J connectivity index is 3.09. The summed E-state index contributed by atoms with van der Waals surface area (Å²) in [5.41, 5.74) is 0. The van der Waals surface area contributed by atoms with Crippen LogP contribution < -0.4 is 0 Å². The summed E-state index contributed by atoms with van der Waals surface area (Å²) < 4.78 is 0. The molecule has 0 aromatic heterocycles. The van der Waals surface area contributed by atoms with Gasteiger partial charge in [0.25, 0.3) is 0 Å². The van der Waals surface area contributed by atoms with Crippen LogP contribution in [0.1, 0.15) is 19.8 Å². The van der Waals surface area contributed by atoms with Gasteiger partial charge in [-0.05, 0) is 12.8 Å². The van der Waals surface area contributed by atoms with Crippen LogP contribution in [-0.4, -0.2) is 6.29 Å². The monoisotopic (exact) mass is 112 g/mol. The molecule has 1 unspecified atom stereocenters. The Morgan fingerprint density at radius 3 is 2.75 bits per heavy atom. The minimum Gasteiger partial charge on any atom is -0.303 e. The summed E-state index contributed by atoms with van der Waals surface area (Å²) in [5.74, 6) is 0.202. The smallest absolute Gasteiger partial charge is 0.122 e. The lowest BCUT2D eigenvalue weighted by atomic mass is 10.1. The summed E-state index contributed by atoms with van der Waals surface area (Å²) in [5, 5.41) is 0. The van der Waals surface area contributed by atoms with Gasteiger partial charge in [0.15, 0.2) is 0 Å². The van der Waals surface area contributed by atoms with E-state index in [1.807, 2.05) is 13.0 Å². The molecular weight excluding hydrogens is 100 g/mol. The van der Waals surface area contributed by atoms with Gasteiger partial charge >= 0.3 is 0 Å². The van der Waals surface area contributed by atoms with E-state index in [0.717, 1.165) is 19.1 Å². The lowest BCUT2D eigenvalue weighted by Gasteiger charge is -1.95. The van der Waals surface area contributed by atoms with Crippen molar-refractivity contribution in [1.29, 1.82) is 0 Å². The van der Waals surface area contributed by atoms with Gasteiger partial charge in [-0.25, -0.2) is 0 Å². The van der Waals surface area contributed by atoms with E-state index in [1.165, 1.54) is 0 Å².